The lowest BCUT2D eigenvalue weighted by Crippen LogP contribution is -2.15. The van der Waals surface area contributed by atoms with Crippen molar-refractivity contribution in [3.8, 4) is 0 Å². The lowest BCUT2D eigenvalue weighted by molar-refractivity contribution is 0.102. The summed E-state index contributed by atoms with van der Waals surface area (Å²) in [7, 11) is 0. The SMILES string of the molecule is Cc1ccc(CCNc2onc(C)c2C(=O)Nc2ccc(Cl)cc2)cc1. The van der Waals surface area contributed by atoms with E-state index >= 15 is 0 Å². The minimum absolute atomic E-state index is 0.274. The minimum atomic E-state index is -0.274. The van der Waals surface area contributed by atoms with Gasteiger partial charge in [0.15, 0.2) is 0 Å². The number of amides is 1. The van der Waals surface area contributed by atoms with Gasteiger partial charge in [0.05, 0.1) is 5.69 Å². The Morgan fingerprint density at radius 2 is 1.77 bits per heavy atom. The molecule has 0 saturated carbocycles. The van der Waals surface area contributed by atoms with Crippen LogP contribution in [-0.2, 0) is 6.42 Å². The van der Waals surface area contributed by atoms with Gasteiger partial charge in [-0.25, -0.2) is 0 Å². The van der Waals surface area contributed by atoms with Crippen LogP contribution < -0.4 is 10.6 Å². The third kappa shape index (κ3) is 4.43. The van der Waals surface area contributed by atoms with E-state index in [-0.39, 0.29) is 5.91 Å². The van der Waals surface area contributed by atoms with Crippen LogP contribution in [0, 0.1) is 13.8 Å². The predicted octanol–water partition coefficient (Wildman–Crippen LogP) is 4.85. The molecule has 0 fully saturated rings. The average Bonchev–Trinajstić information content (AvgIpc) is 2.99. The van der Waals surface area contributed by atoms with Gasteiger partial charge in [0.25, 0.3) is 5.91 Å². The third-order valence-corrected chi connectivity index (χ3v) is 4.26. The Labute approximate surface area is 157 Å². The van der Waals surface area contributed by atoms with Crippen LogP contribution in [0.3, 0.4) is 0 Å². The molecule has 0 saturated heterocycles. The second kappa shape index (κ2) is 8.06. The highest BCUT2D eigenvalue weighted by Gasteiger charge is 2.20. The predicted molar refractivity (Wildman–Crippen MR) is 104 cm³/mol. The quantitative estimate of drug-likeness (QED) is 0.651. The minimum Gasteiger partial charge on any atom is -0.353 e. The fraction of sp³-hybridized carbons (Fsp3) is 0.200. The van der Waals surface area contributed by atoms with Gasteiger partial charge in [-0.3, -0.25) is 4.79 Å². The molecule has 0 aliphatic carbocycles. The van der Waals surface area contributed by atoms with Crippen LogP contribution in [0.2, 0.25) is 5.02 Å². The van der Waals surface area contributed by atoms with Gasteiger partial charge in [0.2, 0.25) is 5.88 Å². The van der Waals surface area contributed by atoms with Crippen LogP contribution in [0.25, 0.3) is 0 Å². The van der Waals surface area contributed by atoms with E-state index in [2.05, 4.69) is 47.0 Å². The maximum atomic E-state index is 12.6. The van der Waals surface area contributed by atoms with E-state index in [9.17, 15) is 4.79 Å². The lowest BCUT2D eigenvalue weighted by atomic mass is 10.1. The van der Waals surface area contributed by atoms with Gasteiger partial charge < -0.3 is 15.2 Å². The van der Waals surface area contributed by atoms with Crippen molar-refractivity contribution in [2.45, 2.75) is 20.3 Å². The van der Waals surface area contributed by atoms with Crippen LogP contribution in [0.4, 0.5) is 11.6 Å². The monoisotopic (exact) mass is 369 g/mol. The number of aromatic nitrogens is 1. The van der Waals surface area contributed by atoms with Gasteiger partial charge in [-0.2, -0.15) is 0 Å². The topological polar surface area (TPSA) is 67.2 Å². The zero-order valence-corrected chi connectivity index (χ0v) is 15.4. The summed E-state index contributed by atoms with van der Waals surface area (Å²) >= 11 is 5.87. The molecule has 0 unspecified atom stereocenters. The standard InChI is InChI=1S/C20H20ClN3O2/c1-13-3-5-15(6-4-13)11-12-22-20-18(14(2)24-26-20)19(25)23-17-9-7-16(21)8-10-17/h3-10,22H,11-12H2,1-2H3,(H,23,25). The van der Waals surface area contributed by atoms with Gasteiger partial charge >= 0.3 is 0 Å². The molecule has 1 heterocycles. The molecule has 3 aromatic rings. The largest absolute Gasteiger partial charge is 0.353 e. The van der Waals surface area contributed by atoms with Crippen molar-refractivity contribution in [2.75, 3.05) is 17.2 Å². The molecule has 3 rings (SSSR count). The summed E-state index contributed by atoms with van der Waals surface area (Å²) in [6.07, 6.45) is 0.818. The zero-order chi connectivity index (χ0) is 18.5. The van der Waals surface area contributed by atoms with Crippen molar-refractivity contribution in [3.63, 3.8) is 0 Å². The molecule has 0 aliphatic heterocycles. The van der Waals surface area contributed by atoms with Gasteiger partial charge in [0, 0.05) is 17.3 Å². The Kier molecular flexibility index (Phi) is 5.58. The summed E-state index contributed by atoms with van der Waals surface area (Å²) in [6.45, 7) is 4.44. The first kappa shape index (κ1) is 18.0. The van der Waals surface area contributed by atoms with Crippen molar-refractivity contribution in [2.24, 2.45) is 0 Å². The Hall–Kier alpha value is -2.79. The number of hydrogen-bond acceptors (Lipinski definition) is 4. The van der Waals surface area contributed by atoms with Crippen LogP contribution in [-0.4, -0.2) is 17.6 Å². The highest BCUT2D eigenvalue weighted by molar-refractivity contribution is 6.30. The van der Waals surface area contributed by atoms with Crippen LogP contribution >= 0.6 is 11.6 Å². The van der Waals surface area contributed by atoms with E-state index in [4.69, 9.17) is 16.1 Å². The molecule has 0 bridgehead atoms. The molecule has 2 aromatic carbocycles. The Balaban J connectivity index is 1.64. The Bertz CT molecular complexity index is 886. The summed E-state index contributed by atoms with van der Waals surface area (Å²) in [4.78, 5) is 12.6. The van der Waals surface area contributed by atoms with Gasteiger partial charge in [-0.1, -0.05) is 46.6 Å². The number of anilines is 2. The second-order valence-electron chi connectivity index (χ2n) is 6.10. The Morgan fingerprint density at radius 3 is 2.46 bits per heavy atom. The molecule has 1 aromatic heterocycles. The molecule has 0 radical (unpaired) electrons. The number of aryl methyl sites for hydroxylation is 2. The maximum absolute atomic E-state index is 12.6. The molecule has 6 heteroatoms. The van der Waals surface area contributed by atoms with Crippen LogP contribution in [0.5, 0.6) is 0 Å². The molecule has 26 heavy (non-hydrogen) atoms. The maximum Gasteiger partial charge on any atom is 0.263 e. The summed E-state index contributed by atoms with van der Waals surface area (Å²) in [6, 6.07) is 15.3. The Morgan fingerprint density at radius 1 is 1.08 bits per heavy atom. The first-order valence-corrected chi connectivity index (χ1v) is 8.73. The van der Waals surface area contributed by atoms with E-state index in [0.717, 1.165) is 6.42 Å². The number of rotatable bonds is 6. The zero-order valence-electron chi connectivity index (χ0n) is 14.7. The van der Waals surface area contributed by atoms with E-state index in [1.54, 1.807) is 31.2 Å². The number of nitrogens with zero attached hydrogens (tertiary/aromatic N) is 1. The number of benzene rings is 2. The highest BCUT2D eigenvalue weighted by Crippen LogP contribution is 2.22. The summed E-state index contributed by atoms with van der Waals surface area (Å²) in [5.74, 6) is 0.102. The number of carbonyl (C=O) groups excluding carboxylic acids is 1. The van der Waals surface area contributed by atoms with Crippen LogP contribution in [0.1, 0.15) is 27.2 Å². The van der Waals surface area contributed by atoms with E-state index in [1.165, 1.54) is 11.1 Å². The van der Waals surface area contributed by atoms with Crippen molar-refractivity contribution < 1.29 is 9.32 Å². The molecule has 134 valence electrons. The van der Waals surface area contributed by atoms with Crippen molar-refractivity contribution in [3.05, 3.63) is 75.9 Å². The molecule has 1 amide bonds. The summed E-state index contributed by atoms with van der Waals surface area (Å²) in [5, 5.41) is 10.5. The first-order valence-electron chi connectivity index (χ1n) is 8.35. The fourth-order valence-electron chi connectivity index (χ4n) is 2.56. The smallest absolute Gasteiger partial charge is 0.263 e. The van der Waals surface area contributed by atoms with Gasteiger partial charge in [-0.15, -0.1) is 0 Å². The molecular weight excluding hydrogens is 350 g/mol. The second-order valence-corrected chi connectivity index (χ2v) is 6.53. The number of nitrogens with one attached hydrogen (secondary N) is 2. The van der Waals surface area contributed by atoms with E-state index < -0.39 is 0 Å². The average molecular weight is 370 g/mol. The lowest BCUT2D eigenvalue weighted by Gasteiger charge is -2.07. The van der Waals surface area contributed by atoms with Crippen molar-refractivity contribution in [1.82, 2.24) is 5.16 Å². The highest BCUT2D eigenvalue weighted by atomic mass is 35.5. The van der Waals surface area contributed by atoms with E-state index in [1.807, 2.05) is 0 Å². The number of hydrogen-bond donors (Lipinski definition) is 2. The molecule has 0 atom stereocenters. The molecule has 5 nitrogen and oxygen atoms in total. The first-order chi connectivity index (χ1) is 12.5. The summed E-state index contributed by atoms with van der Waals surface area (Å²) in [5.41, 5.74) is 4.05. The molecule has 2 N–H and O–H groups in total. The molecule has 0 spiro atoms. The normalized spacial score (nSPS) is 10.6. The number of carbonyl (C=O) groups is 1. The number of halogens is 1. The summed E-state index contributed by atoms with van der Waals surface area (Å²) < 4.78 is 5.29. The van der Waals surface area contributed by atoms with Crippen LogP contribution in [0.15, 0.2) is 53.1 Å². The van der Waals surface area contributed by atoms with Gasteiger partial charge in [-0.05, 0) is 50.1 Å². The van der Waals surface area contributed by atoms with Crippen molar-refractivity contribution >= 4 is 29.1 Å². The third-order valence-electron chi connectivity index (χ3n) is 4.01. The van der Waals surface area contributed by atoms with Gasteiger partial charge in [0.1, 0.15) is 5.56 Å². The van der Waals surface area contributed by atoms with Crippen molar-refractivity contribution in [1.29, 1.82) is 0 Å². The molecular formula is C20H20ClN3O2. The molecule has 0 aliphatic rings. The van der Waals surface area contributed by atoms with E-state index in [0.29, 0.717) is 34.4 Å². The fourth-order valence-corrected chi connectivity index (χ4v) is 2.69.